The van der Waals surface area contributed by atoms with E-state index in [2.05, 4.69) is 31.2 Å². The lowest BCUT2D eigenvalue weighted by atomic mass is 9.75. The third-order valence-corrected chi connectivity index (χ3v) is 5.09. The number of nitrogens with zero attached hydrogens (tertiary/aromatic N) is 1. The maximum absolute atomic E-state index is 13.1. The van der Waals surface area contributed by atoms with Crippen LogP contribution < -0.4 is 5.32 Å². The molecule has 1 N–H and O–H groups in total. The summed E-state index contributed by atoms with van der Waals surface area (Å²) in [7, 11) is 4.39. The predicted octanol–water partition coefficient (Wildman–Crippen LogP) is 3.73. The van der Waals surface area contributed by atoms with Crippen LogP contribution in [0.25, 0.3) is 0 Å². The molecule has 2 nitrogen and oxygen atoms in total. The largest absolute Gasteiger partial charge is 0.311 e. The molecular formula is C18H29FN2. The van der Waals surface area contributed by atoms with Crippen LogP contribution in [0.1, 0.15) is 43.7 Å². The molecule has 3 heteroatoms. The van der Waals surface area contributed by atoms with Gasteiger partial charge in [0.15, 0.2) is 0 Å². The first-order chi connectivity index (χ1) is 9.93. The molecule has 2 atom stereocenters. The molecule has 1 aromatic rings. The molecule has 0 bridgehead atoms. The van der Waals surface area contributed by atoms with Gasteiger partial charge >= 0.3 is 0 Å². The van der Waals surface area contributed by atoms with Crippen molar-refractivity contribution in [1.82, 2.24) is 10.2 Å². The summed E-state index contributed by atoms with van der Waals surface area (Å²) < 4.78 is 13.1. The van der Waals surface area contributed by atoms with E-state index >= 15 is 0 Å². The van der Waals surface area contributed by atoms with Crippen molar-refractivity contribution in [2.45, 2.75) is 51.6 Å². The minimum Gasteiger partial charge on any atom is -0.311 e. The lowest BCUT2D eigenvalue weighted by Gasteiger charge is -2.45. The zero-order valence-corrected chi connectivity index (χ0v) is 13.9. The van der Waals surface area contributed by atoms with Crippen LogP contribution in [0.4, 0.5) is 4.39 Å². The molecule has 118 valence electrons. The van der Waals surface area contributed by atoms with Crippen LogP contribution in [-0.2, 0) is 6.54 Å². The highest BCUT2D eigenvalue weighted by molar-refractivity contribution is 5.26. The van der Waals surface area contributed by atoms with Gasteiger partial charge in [-0.05, 0) is 63.0 Å². The molecular weight excluding hydrogens is 263 g/mol. The fourth-order valence-electron chi connectivity index (χ4n) is 3.64. The highest BCUT2D eigenvalue weighted by atomic mass is 19.1. The number of rotatable bonds is 5. The van der Waals surface area contributed by atoms with Crippen LogP contribution in [0, 0.1) is 18.7 Å². The van der Waals surface area contributed by atoms with E-state index in [0.717, 1.165) is 24.6 Å². The second-order valence-corrected chi connectivity index (χ2v) is 6.99. The Kier molecular flexibility index (Phi) is 5.39. The fourth-order valence-corrected chi connectivity index (χ4v) is 3.64. The standard InChI is InChI=1S/C18H29FN2/c1-14-6-5-9-18(11-14,21(3)4)13-20-12-16-7-8-17(19)10-15(16)2/h7-8,10,14,20H,5-6,9,11-13H2,1-4H3. The average molecular weight is 292 g/mol. The van der Waals surface area contributed by atoms with Gasteiger partial charge in [0.2, 0.25) is 0 Å². The number of nitrogens with one attached hydrogen (secondary N) is 1. The van der Waals surface area contributed by atoms with Gasteiger partial charge in [-0.2, -0.15) is 0 Å². The van der Waals surface area contributed by atoms with E-state index in [1.807, 2.05) is 13.0 Å². The fraction of sp³-hybridized carbons (Fsp3) is 0.667. The second kappa shape index (κ2) is 6.89. The van der Waals surface area contributed by atoms with Gasteiger partial charge in [0.25, 0.3) is 0 Å². The molecule has 0 spiro atoms. The van der Waals surface area contributed by atoms with Crippen LogP contribution >= 0.6 is 0 Å². The van der Waals surface area contributed by atoms with Crippen LogP contribution in [0.15, 0.2) is 18.2 Å². The molecule has 1 aliphatic rings. The molecule has 0 heterocycles. The SMILES string of the molecule is Cc1cc(F)ccc1CNCC1(N(C)C)CCCC(C)C1. The molecule has 0 aliphatic heterocycles. The number of likely N-dealkylation sites (N-methyl/N-ethyl adjacent to an activating group) is 1. The van der Waals surface area contributed by atoms with Crippen molar-refractivity contribution in [2.24, 2.45) is 5.92 Å². The highest BCUT2D eigenvalue weighted by Crippen LogP contribution is 2.35. The topological polar surface area (TPSA) is 15.3 Å². The zero-order chi connectivity index (χ0) is 15.5. The number of hydrogen-bond acceptors (Lipinski definition) is 2. The van der Waals surface area contributed by atoms with E-state index in [4.69, 9.17) is 0 Å². The average Bonchev–Trinajstić information content (AvgIpc) is 2.41. The number of benzene rings is 1. The first-order valence-corrected chi connectivity index (χ1v) is 8.06. The van der Waals surface area contributed by atoms with E-state index in [-0.39, 0.29) is 11.4 Å². The quantitative estimate of drug-likeness (QED) is 0.889. The zero-order valence-electron chi connectivity index (χ0n) is 13.9. The Bertz CT molecular complexity index is 472. The molecule has 0 aromatic heterocycles. The van der Waals surface area contributed by atoms with E-state index < -0.39 is 0 Å². The molecule has 2 rings (SSSR count). The monoisotopic (exact) mass is 292 g/mol. The highest BCUT2D eigenvalue weighted by Gasteiger charge is 2.36. The molecule has 1 aromatic carbocycles. The van der Waals surface area contributed by atoms with Crippen LogP contribution in [0.2, 0.25) is 0 Å². The van der Waals surface area contributed by atoms with E-state index in [0.29, 0.717) is 0 Å². The summed E-state index contributed by atoms with van der Waals surface area (Å²) in [5.74, 6) is 0.651. The molecule has 1 saturated carbocycles. The van der Waals surface area contributed by atoms with Crippen molar-refractivity contribution in [3.63, 3.8) is 0 Å². The number of aryl methyl sites for hydroxylation is 1. The Balaban J connectivity index is 1.96. The summed E-state index contributed by atoms with van der Waals surface area (Å²) in [6.07, 6.45) is 5.19. The molecule has 0 amide bonds. The normalized spacial score (nSPS) is 26.3. The third-order valence-electron chi connectivity index (χ3n) is 5.09. The molecule has 0 saturated heterocycles. The molecule has 1 aliphatic carbocycles. The number of hydrogen-bond donors (Lipinski definition) is 1. The lowest BCUT2D eigenvalue weighted by Crippen LogP contribution is -2.54. The van der Waals surface area contributed by atoms with Crippen molar-refractivity contribution in [1.29, 1.82) is 0 Å². The van der Waals surface area contributed by atoms with Crippen LogP contribution in [-0.4, -0.2) is 31.1 Å². The number of halogens is 1. The first kappa shape index (κ1) is 16.4. The summed E-state index contributed by atoms with van der Waals surface area (Å²) >= 11 is 0. The van der Waals surface area contributed by atoms with Gasteiger partial charge in [0, 0.05) is 18.6 Å². The maximum atomic E-state index is 13.1. The maximum Gasteiger partial charge on any atom is 0.123 e. The minimum atomic E-state index is -0.151. The van der Waals surface area contributed by atoms with Crippen LogP contribution in [0.3, 0.4) is 0 Å². The summed E-state index contributed by atoms with van der Waals surface area (Å²) in [6, 6.07) is 5.05. The molecule has 1 fully saturated rings. The Labute approximate surface area is 128 Å². The third kappa shape index (κ3) is 4.04. The second-order valence-electron chi connectivity index (χ2n) is 6.99. The predicted molar refractivity (Wildman–Crippen MR) is 86.9 cm³/mol. The lowest BCUT2D eigenvalue weighted by molar-refractivity contribution is 0.0749. The van der Waals surface area contributed by atoms with Crippen molar-refractivity contribution in [2.75, 3.05) is 20.6 Å². The van der Waals surface area contributed by atoms with Gasteiger partial charge in [0.05, 0.1) is 0 Å². The Morgan fingerprint density at radius 2 is 2.14 bits per heavy atom. The Morgan fingerprint density at radius 1 is 1.38 bits per heavy atom. The van der Waals surface area contributed by atoms with Crippen molar-refractivity contribution in [3.05, 3.63) is 35.1 Å². The summed E-state index contributed by atoms with van der Waals surface area (Å²) in [5, 5.41) is 3.61. The molecule has 0 radical (unpaired) electrons. The van der Waals surface area contributed by atoms with Gasteiger partial charge in [0.1, 0.15) is 5.82 Å². The van der Waals surface area contributed by atoms with Gasteiger partial charge in [-0.25, -0.2) is 4.39 Å². The van der Waals surface area contributed by atoms with E-state index in [1.165, 1.54) is 31.2 Å². The van der Waals surface area contributed by atoms with Gasteiger partial charge in [-0.15, -0.1) is 0 Å². The molecule has 21 heavy (non-hydrogen) atoms. The van der Waals surface area contributed by atoms with Crippen LogP contribution in [0.5, 0.6) is 0 Å². The van der Waals surface area contributed by atoms with Crippen molar-refractivity contribution >= 4 is 0 Å². The molecule has 2 unspecified atom stereocenters. The minimum absolute atomic E-state index is 0.151. The van der Waals surface area contributed by atoms with Gasteiger partial charge < -0.3 is 10.2 Å². The van der Waals surface area contributed by atoms with E-state index in [9.17, 15) is 4.39 Å². The smallest absolute Gasteiger partial charge is 0.123 e. The Morgan fingerprint density at radius 3 is 2.76 bits per heavy atom. The summed E-state index contributed by atoms with van der Waals surface area (Å²) in [5.41, 5.74) is 2.48. The van der Waals surface area contributed by atoms with Crippen molar-refractivity contribution in [3.8, 4) is 0 Å². The summed E-state index contributed by atoms with van der Waals surface area (Å²) in [6.45, 7) is 6.16. The van der Waals surface area contributed by atoms with E-state index in [1.54, 1.807) is 12.1 Å². The van der Waals surface area contributed by atoms with Gasteiger partial charge in [-0.1, -0.05) is 25.8 Å². The first-order valence-electron chi connectivity index (χ1n) is 8.06. The Hall–Kier alpha value is -0.930. The van der Waals surface area contributed by atoms with Crippen molar-refractivity contribution < 1.29 is 4.39 Å². The van der Waals surface area contributed by atoms with Gasteiger partial charge in [-0.3, -0.25) is 0 Å². The summed E-state index contributed by atoms with van der Waals surface area (Å²) in [4.78, 5) is 2.40.